The fourth-order valence-corrected chi connectivity index (χ4v) is 4.88. The van der Waals surface area contributed by atoms with Crippen LogP contribution in [0.4, 0.5) is 9.18 Å². The van der Waals surface area contributed by atoms with Gasteiger partial charge in [-0.1, -0.05) is 5.21 Å². The molecule has 0 spiro atoms. The zero-order valence-electron chi connectivity index (χ0n) is 18.6. The number of carbonyl (C=O) groups excluding carboxylic acids is 1. The monoisotopic (exact) mass is 525 g/mol. The Hall–Kier alpha value is -1.98. The maximum Gasteiger partial charge on any atom is 0.410 e. The number of carbonyl (C=O) groups is 1. The molecule has 0 N–H and O–H groups in total. The number of benzene rings is 1. The molecular formula is C21H25BrFN5O3S. The molecule has 1 amide bonds. The van der Waals surface area contributed by atoms with Crippen LogP contribution in [0.2, 0.25) is 0 Å². The van der Waals surface area contributed by atoms with Crippen molar-refractivity contribution in [3.8, 4) is 0 Å². The van der Waals surface area contributed by atoms with Gasteiger partial charge in [0.2, 0.25) is 0 Å². The fourth-order valence-electron chi connectivity index (χ4n) is 3.95. The van der Waals surface area contributed by atoms with Crippen molar-refractivity contribution in [3.63, 3.8) is 0 Å². The second-order valence-corrected chi connectivity index (χ2v) is 11.1. The Balaban J connectivity index is 1.75. The summed E-state index contributed by atoms with van der Waals surface area (Å²) in [6.45, 7) is 8.34. The molecule has 2 aromatic heterocycles. The third-order valence-corrected chi connectivity index (χ3v) is 7.27. The number of aromatic nitrogens is 4. The van der Waals surface area contributed by atoms with Gasteiger partial charge in [-0.25, -0.2) is 13.9 Å². The normalized spacial score (nSPS) is 16.7. The number of piperidine rings is 1. The molecular weight excluding hydrogens is 501 g/mol. The van der Waals surface area contributed by atoms with Crippen molar-refractivity contribution in [2.24, 2.45) is 0 Å². The highest BCUT2D eigenvalue weighted by molar-refractivity contribution is 9.10. The number of hydrogen-bond donors (Lipinski definition) is 0. The van der Waals surface area contributed by atoms with Gasteiger partial charge < -0.3 is 14.2 Å². The summed E-state index contributed by atoms with van der Waals surface area (Å²) >= 11 is 1.80. The number of rotatable bonds is 2. The lowest BCUT2D eigenvalue weighted by molar-refractivity contribution is 0.0185. The quantitative estimate of drug-likeness (QED) is 0.457. The minimum Gasteiger partial charge on any atom is -0.610 e. The van der Waals surface area contributed by atoms with E-state index in [9.17, 15) is 9.35 Å². The SMILES string of the molecule is Cc1cc2c(nc([S+](C)[O-])c3nnn(C4CCN(C(=O)OC(C)(C)C)CC4)c32)c(F)c1Br. The van der Waals surface area contributed by atoms with Crippen molar-refractivity contribution < 1.29 is 18.5 Å². The molecule has 1 aliphatic rings. The Morgan fingerprint density at radius 1 is 1.31 bits per heavy atom. The maximum absolute atomic E-state index is 15.1. The zero-order valence-corrected chi connectivity index (χ0v) is 21.0. The number of pyridine rings is 1. The van der Waals surface area contributed by atoms with E-state index in [1.807, 2.05) is 26.8 Å². The number of likely N-dealkylation sites (tertiary alicyclic amines) is 1. The van der Waals surface area contributed by atoms with Crippen LogP contribution in [0.25, 0.3) is 21.9 Å². The Labute approximate surface area is 196 Å². The van der Waals surface area contributed by atoms with Crippen LogP contribution in [0.5, 0.6) is 0 Å². The molecule has 3 heterocycles. The standard InChI is InChI=1S/C21H25BrFN5O3S/c1-11-10-13-16(15(23)14(11)22)24-19(32(5)30)17-18(13)28(26-25-17)12-6-8-27(9-7-12)20(29)31-21(2,3)4/h10,12H,6-9H2,1-5H3. The van der Waals surface area contributed by atoms with E-state index in [-0.39, 0.29) is 22.7 Å². The molecule has 0 saturated carbocycles. The van der Waals surface area contributed by atoms with Gasteiger partial charge >= 0.3 is 6.09 Å². The lowest BCUT2D eigenvalue weighted by atomic mass is 10.0. The number of amides is 1. The van der Waals surface area contributed by atoms with Crippen LogP contribution >= 0.6 is 15.9 Å². The van der Waals surface area contributed by atoms with Gasteiger partial charge in [0.05, 0.1) is 10.5 Å². The first kappa shape index (κ1) is 23.2. The molecule has 3 aromatic rings. The highest BCUT2D eigenvalue weighted by Gasteiger charge is 2.31. The lowest BCUT2D eigenvalue weighted by Crippen LogP contribution is -2.42. The minimum absolute atomic E-state index is 0.0468. The number of fused-ring (bicyclic) bond motifs is 3. The predicted octanol–water partition coefficient (Wildman–Crippen LogP) is 4.50. The van der Waals surface area contributed by atoms with E-state index in [1.54, 1.807) is 16.5 Å². The van der Waals surface area contributed by atoms with E-state index in [0.29, 0.717) is 46.8 Å². The molecule has 1 unspecified atom stereocenters. The number of aryl methyl sites for hydroxylation is 1. The van der Waals surface area contributed by atoms with Gasteiger partial charge in [0.25, 0.3) is 5.03 Å². The summed E-state index contributed by atoms with van der Waals surface area (Å²) in [4.78, 5) is 18.4. The number of ether oxygens (including phenoxy) is 1. The molecule has 0 aliphatic carbocycles. The van der Waals surface area contributed by atoms with Gasteiger partial charge in [0, 0.05) is 29.7 Å². The van der Waals surface area contributed by atoms with Crippen LogP contribution in [0, 0.1) is 12.7 Å². The third-order valence-electron chi connectivity index (χ3n) is 5.46. The van der Waals surface area contributed by atoms with Crippen LogP contribution in [0.1, 0.15) is 45.2 Å². The number of halogens is 2. The van der Waals surface area contributed by atoms with Gasteiger partial charge in [-0.2, -0.15) is 4.98 Å². The number of nitrogens with zero attached hydrogens (tertiary/aromatic N) is 5. The van der Waals surface area contributed by atoms with Crippen molar-refractivity contribution in [3.05, 3.63) is 21.9 Å². The van der Waals surface area contributed by atoms with Crippen molar-refractivity contribution in [1.29, 1.82) is 0 Å². The molecule has 8 nitrogen and oxygen atoms in total. The molecule has 1 aromatic carbocycles. The van der Waals surface area contributed by atoms with E-state index in [2.05, 4.69) is 31.2 Å². The largest absolute Gasteiger partial charge is 0.610 e. The van der Waals surface area contributed by atoms with Crippen molar-refractivity contribution >= 4 is 55.1 Å². The maximum atomic E-state index is 15.1. The van der Waals surface area contributed by atoms with Crippen LogP contribution < -0.4 is 0 Å². The topological polar surface area (TPSA) is 96.2 Å². The van der Waals surface area contributed by atoms with Gasteiger partial charge in [0.1, 0.15) is 22.9 Å². The van der Waals surface area contributed by atoms with Crippen molar-refractivity contribution in [2.45, 2.75) is 57.2 Å². The first-order valence-electron chi connectivity index (χ1n) is 10.3. The van der Waals surface area contributed by atoms with E-state index in [1.165, 1.54) is 6.26 Å². The van der Waals surface area contributed by atoms with Gasteiger partial charge in [-0.3, -0.25) is 0 Å². The first-order chi connectivity index (χ1) is 15.0. The average Bonchev–Trinajstić information content (AvgIpc) is 3.16. The summed E-state index contributed by atoms with van der Waals surface area (Å²) in [5.41, 5.74) is 1.33. The van der Waals surface area contributed by atoms with Crippen molar-refractivity contribution in [2.75, 3.05) is 19.3 Å². The van der Waals surface area contributed by atoms with E-state index in [0.717, 1.165) is 5.56 Å². The predicted molar refractivity (Wildman–Crippen MR) is 124 cm³/mol. The molecule has 0 radical (unpaired) electrons. The molecule has 1 aliphatic heterocycles. The minimum atomic E-state index is -1.47. The molecule has 32 heavy (non-hydrogen) atoms. The van der Waals surface area contributed by atoms with Gasteiger partial charge in [0.15, 0.2) is 11.3 Å². The average molecular weight is 526 g/mol. The molecule has 172 valence electrons. The van der Waals surface area contributed by atoms with E-state index < -0.39 is 22.6 Å². The second-order valence-electron chi connectivity index (χ2n) is 9.02. The highest BCUT2D eigenvalue weighted by atomic mass is 79.9. The molecule has 11 heteroatoms. The Morgan fingerprint density at radius 3 is 2.56 bits per heavy atom. The fraction of sp³-hybridized carbons (Fsp3) is 0.524. The first-order valence-corrected chi connectivity index (χ1v) is 12.7. The summed E-state index contributed by atoms with van der Waals surface area (Å²) < 4.78 is 35.0. The highest BCUT2D eigenvalue weighted by Crippen LogP contribution is 2.36. The van der Waals surface area contributed by atoms with Crippen LogP contribution in [-0.4, -0.2) is 60.5 Å². The smallest absolute Gasteiger partial charge is 0.410 e. The Morgan fingerprint density at radius 2 is 1.97 bits per heavy atom. The Bertz CT molecular complexity index is 1200. The van der Waals surface area contributed by atoms with E-state index >= 15 is 4.39 Å². The number of hydrogen-bond acceptors (Lipinski definition) is 6. The Kier molecular flexibility index (Phi) is 6.10. The van der Waals surface area contributed by atoms with Crippen molar-refractivity contribution in [1.82, 2.24) is 24.9 Å². The summed E-state index contributed by atoms with van der Waals surface area (Å²) in [6.07, 6.45) is 2.45. The molecule has 4 rings (SSSR count). The zero-order chi connectivity index (χ0) is 23.4. The molecule has 1 fully saturated rings. The lowest BCUT2D eigenvalue weighted by Gasteiger charge is -2.33. The van der Waals surface area contributed by atoms with Crippen LogP contribution in [0.3, 0.4) is 0 Å². The van der Waals surface area contributed by atoms with Gasteiger partial charge in [-0.05, 0) is 68.1 Å². The molecule has 0 bridgehead atoms. The molecule has 1 atom stereocenters. The third kappa shape index (κ3) is 4.17. The molecule has 1 saturated heterocycles. The summed E-state index contributed by atoms with van der Waals surface area (Å²) in [5.74, 6) is -0.499. The summed E-state index contributed by atoms with van der Waals surface area (Å²) in [7, 11) is 0. The van der Waals surface area contributed by atoms with Crippen LogP contribution in [-0.2, 0) is 15.9 Å². The van der Waals surface area contributed by atoms with Gasteiger partial charge in [-0.15, -0.1) is 5.10 Å². The summed E-state index contributed by atoms with van der Waals surface area (Å²) in [5, 5.41) is 9.40. The van der Waals surface area contributed by atoms with Crippen LogP contribution in [0.15, 0.2) is 15.6 Å². The summed E-state index contributed by atoms with van der Waals surface area (Å²) in [6, 6.07) is 1.80. The van der Waals surface area contributed by atoms with E-state index in [4.69, 9.17) is 4.74 Å². The second kappa shape index (κ2) is 8.42.